The van der Waals surface area contributed by atoms with Crippen molar-refractivity contribution in [2.75, 3.05) is 13.2 Å². The molecule has 0 amide bonds. The number of hydrogen-bond acceptors (Lipinski definition) is 12. The molecule has 0 aromatic heterocycles. The van der Waals surface area contributed by atoms with Crippen LogP contribution in [0.3, 0.4) is 0 Å². The number of hydrogen-bond donors (Lipinski definition) is 9. The quantitative estimate of drug-likeness (QED) is 0.141. The van der Waals surface area contributed by atoms with Gasteiger partial charge in [-0.3, -0.25) is 9.59 Å². The number of aliphatic carboxylic acids is 1. The maximum Gasteiger partial charge on any atom is 0.315 e. The summed E-state index contributed by atoms with van der Waals surface area (Å²) in [6, 6.07) is 0. The van der Waals surface area contributed by atoms with E-state index in [1.165, 1.54) is 0 Å². The van der Waals surface area contributed by atoms with Crippen LogP contribution >= 0.6 is 0 Å². The van der Waals surface area contributed by atoms with Gasteiger partial charge in [0.05, 0.1) is 36.4 Å². The van der Waals surface area contributed by atoms with Gasteiger partial charge in [0.1, 0.15) is 29.8 Å². The highest BCUT2D eigenvalue weighted by Gasteiger charge is 2.74. The van der Waals surface area contributed by atoms with Gasteiger partial charge in [0.25, 0.3) is 0 Å². The number of rotatable bonds is 5. The minimum Gasteiger partial charge on any atom is -0.481 e. The summed E-state index contributed by atoms with van der Waals surface area (Å²) in [5, 5.41) is 96.6. The summed E-state index contributed by atoms with van der Waals surface area (Å²) in [7, 11) is 0. The van der Waals surface area contributed by atoms with Gasteiger partial charge in [0.2, 0.25) is 6.29 Å². The van der Waals surface area contributed by atoms with Gasteiger partial charge in [0.15, 0.2) is 0 Å². The maximum atomic E-state index is 14.5. The lowest BCUT2D eigenvalue weighted by atomic mass is 9.32. The molecule has 49 heavy (non-hydrogen) atoms. The first-order valence-electron chi connectivity index (χ1n) is 17.9. The van der Waals surface area contributed by atoms with Gasteiger partial charge < -0.3 is 55.4 Å². The Morgan fingerprint density at radius 2 is 1.59 bits per heavy atom. The van der Waals surface area contributed by atoms with Gasteiger partial charge >= 0.3 is 11.9 Å². The topological polar surface area (TPSA) is 235 Å². The molecule has 6 aliphatic rings. The fraction of sp³-hybridized carbons (Fsp3) is 0.889. The molecule has 0 bridgehead atoms. The first kappa shape index (κ1) is 37.1. The van der Waals surface area contributed by atoms with Crippen molar-refractivity contribution in [1.82, 2.24) is 0 Å². The molecule has 9 N–H and O–H groups in total. The number of carbonyl (C=O) groups is 2. The second kappa shape index (κ2) is 11.9. The lowest BCUT2D eigenvalue weighted by molar-refractivity contribution is -0.299. The molecule has 0 spiro atoms. The monoisotopic (exact) mass is 696 g/mol. The van der Waals surface area contributed by atoms with Gasteiger partial charge in [-0.05, 0) is 92.3 Å². The van der Waals surface area contributed by atoms with Gasteiger partial charge in [-0.1, -0.05) is 39.3 Å². The van der Waals surface area contributed by atoms with Crippen LogP contribution in [0.1, 0.15) is 86.0 Å². The molecule has 278 valence electrons. The third kappa shape index (κ3) is 4.69. The number of aliphatic hydroxyl groups is 8. The minimum atomic E-state index is -1.92. The number of carboxylic acid groups (broad SMARTS) is 1. The Hall–Kier alpha value is -1.68. The summed E-state index contributed by atoms with van der Waals surface area (Å²) >= 11 is 0. The smallest absolute Gasteiger partial charge is 0.315 e. The third-order valence-electron chi connectivity index (χ3n) is 15.6. The Morgan fingerprint density at radius 3 is 2.20 bits per heavy atom. The van der Waals surface area contributed by atoms with Crippen LogP contribution in [0.5, 0.6) is 0 Å². The van der Waals surface area contributed by atoms with E-state index >= 15 is 0 Å². The minimum absolute atomic E-state index is 0.153. The summed E-state index contributed by atoms with van der Waals surface area (Å²) in [6.45, 7) is 8.54. The average Bonchev–Trinajstić information content (AvgIpc) is 3.04. The number of aliphatic hydroxyl groups excluding tert-OH is 7. The van der Waals surface area contributed by atoms with E-state index in [-0.39, 0.29) is 18.3 Å². The molecule has 5 fully saturated rings. The molecule has 6 rings (SSSR count). The predicted octanol–water partition coefficient (Wildman–Crippen LogP) is 0.471. The zero-order valence-electron chi connectivity index (χ0n) is 29.2. The molecule has 0 aromatic rings. The summed E-state index contributed by atoms with van der Waals surface area (Å²) in [4.78, 5) is 27.3. The summed E-state index contributed by atoms with van der Waals surface area (Å²) in [5.74, 6) is -3.67. The Kier molecular flexibility index (Phi) is 9.03. The normalized spacial score (nSPS) is 55.5. The van der Waals surface area contributed by atoms with Gasteiger partial charge in [-0.25, -0.2) is 0 Å². The number of fused-ring (bicyclic) bond motifs is 7. The molecule has 4 saturated carbocycles. The molecule has 5 aliphatic carbocycles. The lowest BCUT2D eigenvalue weighted by Gasteiger charge is -2.72. The Morgan fingerprint density at radius 1 is 0.918 bits per heavy atom. The van der Waals surface area contributed by atoms with E-state index < -0.39 is 113 Å². The molecule has 17 atom stereocenters. The van der Waals surface area contributed by atoms with Gasteiger partial charge in [-0.2, -0.15) is 0 Å². The van der Waals surface area contributed by atoms with Gasteiger partial charge in [-0.15, -0.1) is 0 Å². The highest BCUT2D eigenvalue weighted by molar-refractivity contribution is 5.79. The molecular formula is C36H56O13. The number of carboxylic acids is 1. The van der Waals surface area contributed by atoms with Crippen LogP contribution in [-0.2, 0) is 19.1 Å². The highest BCUT2D eigenvalue weighted by atomic mass is 16.7. The molecule has 13 nitrogen and oxygen atoms in total. The summed E-state index contributed by atoms with van der Waals surface area (Å²) in [6.07, 6.45) is -5.53. The van der Waals surface area contributed by atoms with Crippen molar-refractivity contribution in [2.45, 2.75) is 135 Å². The molecule has 1 heterocycles. The zero-order chi connectivity index (χ0) is 36.3. The van der Waals surface area contributed by atoms with E-state index in [1.807, 2.05) is 13.8 Å². The molecule has 0 radical (unpaired) electrons. The van der Waals surface area contributed by atoms with E-state index in [0.29, 0.717) is 44.9 Å². The van der Waals surface area contributed by atoms with Gasteiger partial charge in [0, 0.05) is 5.92 Å². The lowest BCUT2D eigenvalue weighted by Crippen LogP contribution is -2.71. The van der Waals surface area contributed by atoms with Crippen molar-refractivity contribution in [3.8, 4) is 0 Å². The fourth-order valence-electron chi connectivity index (χ4n) is 12.4. The molecule has 1 saturated heterocycles. The second-order valence-corrected chi connectivity index (χ2v) is 17.4. The van der Waals surface area contributed by atoms with Crippen LogP contribution in [-0.4, -0.2) is 120 Å². The largest absolute Gasteiger partial charge is 0.481 e. The molecule has 0 unspecified atom stereocenters. The Labute approximate surface area is 286 Å². The second-order valence-electron chi connectivity index (χ2n) is 17.4. The first-order valence-corrected chi connectivity index (χ1v) is 17.9. The van der Waals surface area contributed by atoms with Crippen molar-refractivity contribution in [2.24, 2.45) is 50.7 Å². The summed E-state index contributed by atoms with van der Waals surface area (Å²) in [5.41, 5.74) is -5.39. The number of esters is 1. The van der Waals surface area contributed by atoms with Crippen LogP contribution in [0.25, 0.3) is 0 Å². The number of carbonyl (C=O) groups excluding carboxylic acids is 1. The standard InChI is InChI=1S/C36H56O13/c1-17-8-11-35(30(46)49-28-25(42)24(41)23(40)20(15-37)48-28)13-12-32(3)18(26(35)34(17,5)47)6-7-21-31(2)14-19(39)27(43)36(16-38,29(44)45)22(31)9-10-33(21,32)4/h6,17,19-28,37-43,47H,7-16H2,1-5H3,(H,44,45)/t17-,19-,20-,21-,22-,23-,24+,25-,26-,27-,28+,31-,32-,33-,34-,35+,36+/m1/s1. The average molecular weight is 697 g/mol. The van der Waals surface area contributed by atoms with E-state index in [1.54, 1.807) is 6.92 Å². The SMILES string of the molecule is C[C@@H]1CC[C@]2(C(=O)O[C@@H]3O[C@H](CO)[C@@H](O)[C@H](O)[C@H]3O)CC[C@]3(C)C(=CC[C@@H]4[C@@]5(C)C[C@@H](O)[C@@H](O)[C@@](CO)(C(=O)O)[C@@H]5CC[C@]43C)[C@@H]2[C@]1(C)O. The Bertz CT molecular complexity index is 1370. The van der Waals surface area contributed by atoms with Crippen LogP contribution in [0.2, 0.25) is 0 Å². The molecule has 1 aliphatic heterocycles. The van der Waals surface area contributed by atoms with Crippen molar-refractivity contribution in [3.05, 3.63) is 11.6 Å². The van der Waals surface area contributed by atoms with E-state index in [2.05, 4.69) is 19.9 Å². The Balaban J connectivity index is 1.41. The van der Waals surface area contributed by atoms with Crippen molar-refractivity contribution in [1.29, 1.82) is 0 Å². The predicted molar refractivity (Wildman–Crippen MR) is 171 cm³/mol. The summed E-state index contributed by atoms with van der Waals surface area (Å²) < 4.78 is 11.4. The van der Waals surface area contributed by atoms with Crippen LogP contribution < -0.4 is 0 Å². The molecule has 0 aromatic carbocycles. The molecule has 13 heteroatoms. The van der Waals surface area contributed by atoms with E-state index in [9.17, 15) is 55.5 Å². The maximum absolute atomic E-state index is 14.5. The van der Waals surface area contributed by atoms with Crippen molar-refractivity contribution in [3.63, 3.8) is 0 Å². The zero-order valence-corrected chi connectivity index (χ0v) is 29.2. The van der Waals surface area contributed by atoms with Crippen LogP contribution in [0, 0.1) is 50.7 Å². The van der Waals surface area contributed by atoms with Crippen LogP contribution in [0.15, 0.2) is 11.6 Å². The first-order chi connectivity index (χ1) is 22.7. The van der Waals surface area contributed by atoms with E-state index in [0.717, 1.165) is 5.57 Å². The van der Waals surface area contributed by atoms with Crippen LogP contribution in [0.4, 0.5) is 0 Å². The number of ether oxygens (including phenoxy) is 2. The fourth-order valence-corrected chi connectivity index (χ4v) is 12.4. The highest BCUT2D eigenvalue weighted by Crippen LogP contribution is 2.76. The number of allylic oxidation sites excluding steroid dienone is 1. The molecular weight excluding hydrogens is 640 g/mol. The third-order valence-corrected chi connectivity index (χ3v) is 15.6. The van der Waals surface area contributed by atoms with Crippen molar-refractivity contribution >= 4 is 11.9 Å². The van der Waals surface area contributed by atoms with Crippen molar-refractivity contribution < 1.29 is 65.0 Å². The van der Waals surface area contributed by atoms with E-state index in [4.69, 9.17) is 9.47 Å².